The van der Waals surface area contributed by atoms with Gasteiger partial charge in [-0.2, -0.15) is 5.10 Å². The summed E-state index contributed by atoms with van der Waals surface area (Å²) in [5.74, 6) is -0.496. The van der Waals surface area contributed by atoms with Gasteiger partial charge < -0.3 is 35.8 Å². The highest BCUT2D eigenvalue weighted by Crippen LogP contribution is 2.35. The van der Waals surface area contributed by atoms with Crippen LogP contribution >= 0.6 is 23.2 Å². The molecule has 2 unspecified atom stereocenters. The van der Waals surface area contributed by atoms with E-state index in [1.54, 1.807) is 18.2 Å². The fraction of sp³-hybridized carbons (Fsp3) is 0.395. The van der Waals surface area contributed by atoms with E-state index in [1.165, 1.54) is 31.7 Å². The highest BCUT2D eigenvalue weighted by molar-refractivity contribution is 6.39. The summed E-state index contributed by atoms with van der Waals surface area (Å²) < 4.78 is 5.89. The standard InChI is InChI=1S/C38H45Cl2N9O4/c1-4-49-37-34(53-37)32(44-38(52)45-33-29(39)22-41-23-30(33)40)21-31(46-49)25-10-8-9-24(17-25)26-18-27(35(50)42-11-15-47(2)3)20-28(19-26)36(51)43-12-16-48-13-6-5-7-14-48/h8-10,17-23,34,37H,4-7,11-16H2,1-3H3,(H,42,50)(H,43,51)(H2,41,44,45,52). The summed E-state index contributed by atoms with van der Waals surface area (Å²) in [6.45, 7) is 7.08. The summed E-state index contributed by atoms with van der Waals surface area (Å²) in [6.07, 6.45) is 7.42. The average Bonchev–Trinajstić information content (AvgIpc) is 3.96. The van der Waals surface area contributed by atoms with Crippen molar-refractivity contribution in [2.45, 2.75) is 38.5 Å². The average molecular weight is 763 g/mol. The first-order valence-corrected chi connectivity index (χ1v) is 18.6. The van der Waals surface area contributed by atoms with Crippen LogP contribution in [0.3, 0.4) is 0 Å². The third kappa shape index (κ3) is 9.92. The van der Waals surface area contributed by atoms with Crippen LogP contribution in [-0.2, 0) is 4.74 Å². The normalized spacial score (nSPS) is 18.3. The fourth-order valence-electron chi connectivity index (χ4n) is 6.34. The Labute approximate surface area is 319 Å². The minimum Gasteiger partial charge on any atom is -0.351 e. The molecule has 3 aliphatic rings. The molecule has 0 spiro atoms. The molecule has 280 valence electrons. The van der Waals surface area contributed by atoms with Gasteiger partial charge in [0, 0.05) is 61.8 Å². The molecular formula is C38H45Cl2N9O4. The lowest BCUT2D eigenvalue weighted by molar-refractivity contribution is 0.0946. The summed E-state index contributed by atoms with van der Waals surface area (Å²) >= 11 is 12.4. The molecule has 53 heavy (non-hydrogen) atoms. The van der Waals surface area contributed by atoms with Crippen LogP contribution in [0.15, 0.2) is 71.7 Å². The van der Waals surface area contributed by atoms with Crippen LogP contribution in [0.2, 0.25) is 10.0 Å². The molecule has 0 aliphatic carbocycles. The maximum atomic E-state index is 13.5. The topological polar surface area (TPSA) is 147 Å². The Kier molecular flexibility index (Phi) is 12.6. The number of hydrazone groups is 1. The Balaban J connectivity index is 1.27. The molecule has 2 aromatic carbocycles. The molecule has 3 aliphatic heterocycles. The summed E-state index contributed by atoms with van der Waals surface area (Å²) in [4.78, 5) is 48.3. The second kappa shape index (κ2) is 17.5. The molecule has 0 bridgehead atoms. The maximum Gasteiger partial charge on any atom is 0.323 e. The van der Waals surface area contributed by atoms with Crippen molar-refractivity contribution in [3.63, 3.8) is 0 Å². The molecule has 3 aromatic rings. The predicted molar refractivity (Wildman–Crippen MR) is 207 cm³/mol. The first-order chi connectivity index (χ1) is 25.6. The number of epoxide rings is 1. The van der Waals surface area contributed by atoms with E-state index in [2.05, 4.69) is 31.2 Å². The number of aromatic nitrogens is 1. The molecule has 13 nitrogen and oxygen atoms in total. The molecule has 2 fully saturated rings. The van der Waals surface area contributed by atoms with E-state index in [0.29, 0.717) is 54.3 Å². The smallest absolute Gasteiger partial charge is 0.323 e. The molecule has 2 saturated heterocycles. The van der Waals surface area contributed by atoms with Gasteiger partial charge in [0.25, 0.3) is 11.8 Å². The van der Waals surface area contributed by atoms with Crippen molar-refractivity contribution in [3.05, 3.63) is 93.4 Å². The van der Waals surface area contributed by atoms with Crippen LogP contribution in [-0.4, -0.2) is 116 Å². The number of piperidine rings is 1. The maximum absolute atomic E-state index is 13.5. The molecule has 4 N–H and O–H groups in total. The quantitative estimate of drug-likeness (QED) is 0.178. The van der Waals surface area contributed by atoms with Crippen LogP contribution in [0.25, 0.3) is 11.1 Å². The molecule has 1 aromatic heterocycles. The van der Waals surface area contributed by atoms with Gasteiger partial charge in [-0.3, -0.25) is 19.6 Å². The minimum atomic E-state index is -0.555. The molecule has 4 amide bonds. The fourth-order valence-corrected chi connectivity index (χ4v) is 6.80. The van der Waals surface area contributed by atoms with Crippen molar-refractivity contribution in [1.29, 1.82) is 0 Å². The van der Waals surface area contributed by atoms with E-state index in [4.69, 9.17) is 33.0 Å². The summed E-state index contributed by atoms with van der Waals surface area (Å²) in [6, 6.07) is 12.4. The van der Waals surface area contributed by atoms with Gasteiger partial charge in [0.1, 0.15) is 6.10 Å². The summed E-state index contributed by atoms with van der Waals surface area (Å²) in [5, 5.41) is 18.7. The number of benzene rings is 2. The zero-order valence-corrected chi connectivity index (χ0v) is 31.6. The summed E-state index contributed by atoms with van der Waals surface area (Å²) in [7, 11) is 3.89. The first kappa shape index (κ1) is 38.2. The van der Waals surface area contributed by atoms with Gasteiger partial charge in [-0.05, 0) is 88.4 Å². The van der Waals surface area contributed by atoms with Crippen molar-refractivity contribution in [2.24, 2.45) is 5.10 Å². The van der Waals surface area contributed by atoms with Gasteiger partial charge in [-0.25, -0.2) is 4.79 Å². The van der Waals surface area contributed by atoms with E-state index in [1.807, 2.05) is 61.3 Å². The highest BCUT2D eigenvalue weighted by atomic mass is 35.5. The number of hydrogen-bond acceptors (Lipinski definition) is 9. The van der Waals surface area contributed by atoms with Gasteiger partial charge in [-0.15, -0.1) is 0 Å². The number of pyridine rings is 1. The molecule has 2 atom stereocenters. The van der Waals surface area contributed by atoms with Crippen molar-refractivity contribution in [2.75, 3.05) is 65.2 Å². The number of carbonyl (C=O) groups excluding carboxylic acids is 3. The van der Waals surface area contributed by atoms with E-state index < -0.39 is 12.1 Å². The number of fused-ring (bicyclic) bond motifs is 1. The lowest BCUT2D eigenvalue weighted by Gasteiger charge is -2.26. The number of nitrogens with one attached hydrogen (secondary N) is 4. The Morgan fingerprint density at radius 2 is 1.57 bits per heavy atom. The molecule has 6 rings (SSSR count). The first-order valence-electron chi connectivity index (χ1n) is 17.9. The molecular weight excluding hydrogens is 717 g/mol. The second-order valence-corrected chi connectivity index (χ2v) is 14.3. The van der Waals surface area contributed by atoms with E-state index in [9.17, 15) is 14.4 Å². The van der Waals surface area contributed by atoms with Gasteiger partial charge >= 0.3 is 6.03 Å². The SMILES string of the molecule is CCN1N=C(c2cccc(-c3cc(C(=O)NCCN(C)C)cc(C(=O)NCCN4CCCCC4)c3)c2)C=C(NC(=O)Nc2c(Cl)cncc2Cl)C2OC21. The molecule has 15 heteroatoms. The van der Waals surface area contributed by atoms with Crippen molar-refractivity contribution in [1.82, 2.24) is 35.7 Å². The number of allylic oxidation sites excluding steroid dienone is 1. The Morgan fingerprint density at radius 3 is 2.25 bits per heavy atom. The van der Waals surface area contributed by atoms with Gasteiger partial charge in [0.15, 0.2) is 6.23 Å². The van der Waals surface area contributed by atoms with Crippen LogP contribution in [0.4, 0.5) is 10.5 Å². The number of amides is 4. The molecule has 0 saturated carbocycles. The lowest BCUT2D eigenvalue weighted by atomic mass is 9.96. The van der Waals surface area contributed by atoms with Crippen LogP contribution in [0.1, 0.15) is 52.5 Å². The van der Waals surface area contributed by atoms with Gasteiger partial charge in [0.2, 0.25) is 0 Å². The Morgan fingerprint density at radius 1 is 0.887 bits per heavy atom. The number of ether oxygens (including phenoxy) is 1. The Hall–Kier alpha value is -4.53. The largest absolute Gasteiger partial charge is 0.351 e. The molecule has 0 radical (unpaired) electrons. The monoisotopic (exact) mass is 761 g/mol. The third-order valence-electron chi connectivity index (χ3n) is 9.23. The number of likely N-dealkylation sites (tertiary alicyclic amines) is 1. The highest BCUT2D eigenvalue weighted by Gasteiger charge is 2.48. The van der Waals surface area contributed by atoms with Gasteiger partial charge in [0.05, 0.1) is 27.1 Å². The number of hydrogen-bond donors (Lipinski definition) is 4. The van der Waals surface area contributed by atoms with Crippen LogP contribution in [0.5, 0.6) is 0 Å². The Bertz CT molecular complexity index is 1880. The number of rotatable bonds is 13. The number of anilines is 1. The summed E-state index contributed by atoms with van der Waals surface area (Å²) in [5.41, 5.74) is 4.37. The third-order valence-corrected chi connectivity index (χ3v) is 9.80. The van der Waals surface area contributed by atoms with E-state index >= 15 is 0 Å². The lowest BCUT2D eigenvalue weighted by Crippen LogP contribution is -2.37. The van der Waals surface area contributed by atoms with Crippen molar-refractivity contribution in [3.8, 4) is 11.1 Å². The number of nitrogens with zero attached hydrogens (tertiary/aromatic N) is 5. The number of halogens is 2. The van der Waals surface area contributed by atoms with Crippen LogP contribution < -0.4 is 21.3 Å². The van der Waals surface area contributed by atoms with E-state index in [0.717, 1.165) is 30.8 Å². The number of carbonyl (C=O) groups is 3. The number of urea groups is 1. The van der Waals surface area contributed by atoms with Crippen molar-refractivity contribution >= 4 is 52.4 Å². The van der Waals surface area contributed by atoms with Crippen LogP contribution in [0, 0.1) is 0 Å². The molecule has 4 heterocycles. The van der Waals surface area contributed by atoms with Crippen molar-refractivity contribution < 1.29 is 19.1 Å². The number of likely N-dealkylation sites (N-methyl/N-ethyl adjacent to an activating group) is 2. The zero-order chi connectivity index (χ0) is 37.5. The predicted octanol–water partition coefficient (Wildman–Crippen LogP) is 5.03. The minimum absolute atomic E-state index is 0.201. The zero-order valence-electron chi connectivity index (χ0n) is 30.1. The second-order valence-electron chi connectivity index (χ2n) is 13.4. The van der Waals surface area contributed by atoms with Gasteiger partial charge in [-0.1, -0.05) is 47.8 Å². The van der Waals surface area contributed by atoms with E-state index in [-0.39, 0.29) is 33.8 Å².